The van der Waals surface area contributed by atoms with Gasteiger partial charge in [0.2, 0.25) is 0 Å². The highest BCUT2D eigenvalue weighted by atomic mass is 13.5. The van der Waals surface area contributed by atoms with Crippen LogP contribution in [0.5, 0.6) is 0 Å². The molecule has 0 N–H and O–H groups in total. The van der Waals surface area contributed by atoms with Crippen molar-refractivity contribution in [3.8, 4) is 0 Å². The van der Waals surface area contributed by atoms with E-state index >= 15 is 0 Å². The fraction of sp³-hybridized carbons (Fsp3) is 1.00. The van der Waals surface area contributed by atoms with E-state index in [9.17, 15) is 0 Å². The Morgan fingerprint density at radius 1 is 0.133 bits per heavy atom. The summed E-state index contributed by atoms with van der Waals surface area (Å²) < 4.78 is 0. The first-order chi connectivity index (χ1) is 14.1. The Kier molecular flexibility index (Phi) is 478. The fourth-order valence-electron chi connectivity index (χ4n) is 0. The first-order valence-corrected chi connectivity index (χ1v) is 14.1. The van der Waals surface area contributed by atoms with Crippen molar-refractivity contribution in [2.45, 2.75) is 203 Å². The Balaban J connectivity index is -0.0000000185. The van der Waals surface area contributed by atoms with Crippen molar-refractivity contribution < 1.29 is 0 Å². The Morgan fingerprint density at radius 3 is 0.133 bits per heavy atom. The van der Waals surface area contributed by atoms with E-state index < -0.39 is 0 Å². The molecule has 0 fully saturated rings. The molecule has 0 amide bonds. The first kappa shape index (κ1) is 63.1. The van der Waals surface area contributed by atoms with E-state index in [0.29, 0.717) is 0 Å². The number of rotatable bonds is 0. The predicted octanol–water partition coefficient (Wildman–Crippen LogP) is 14.2. The second-order valence-electron chi connectivity index (χ2n) is 7.07. The zero-order valence-corrected chi connectivity index (χ0v) is 27.1. The van der Waals surface area contributed by atoms with E-state index in [0.717, 1.165) is 0 Å². The van der Waals surface area contributed by atoms with Gasteiger partial charge in [-0.15, -0.1) is 0 Å². The minimum atomic E-state index is 1.25. The Hall–Kier alpha value is 0. The maximum absolute atomic E-state index is 2.12. The zero-order valence-electron chi connectivity index (χ0n) is 27.1. The molecule has 0 heterocycles. The molecule has 0 aliphatic heterocycles. The van der Waals surface area contributed by atoms with Crippen LogP contribution in [0.15, 0.2) is 0 Å². The predicted molar refractivity (Wildman–Crippen MR) is 160 cm³/mol. The largest absolute Gasteiger partial charge is 0.0656 e. The molecule has 0 saturated carbocycles. The molecule has 0 heteroatoms. The van der Waals surface area contributed by atoms with E-state index in [1.54, 1.807) is 0 Å². The monoisotopic (exact) mass is 441 g/mol. The summed E-state index contributed by atoms with van der Waals surface area (Å²) >= 11 is 0. The third-order valence-electron chi connectivity index (χ3n) is 0. The van der Waals surface area contributed by atoms with Gasteiger partial charge < -0.3 is 0 Å². The summed E-state index contributed by atoms with van der Waals surface area (Å²) in [6, 6.07) is 0. The summed E-state index contributed by atoms with van der Waals surface area (Å²) in [4.78, 5) is 0. The van der Waals surface area contributed by atoms with Crippen LogP contribution in [0.3, 0.4) is 0 Å². The van der Waals surface area contributed by atoms with Crippen LogP contribution >= 0.6 is 0 Å². The van der Waals surface area contributed by atoms with Crippen LogP contribution in [-0.4, -0.2) is 0 Å². The minimum absolute atomic E-state index is 1.25. The van der Waals surface area contributed by atoms with Gasteiger partial charge in [-0.1, -0.05) is 203 Å². The molecule has 0 rings (SSSR count). The van der Waals surface area contributed by atoms with Gasteiger partial charge in [0.15, 0.2) is 0 Å². The molecule has 0 atom stereocenters. The van der Waals surface area contributed by atoms with Gasteiger partial charge in [0.05, 0.1) is 0 Å². The second-order valence-corrected chi connectivity index (χ2v) is 7.07. The summed E-state index contributed by atoms with van der Waals surface area (Å²) in [5, 5.41) is 0. The van der Waals surface area contributed by atoms with Gasteiger partial charge in [0.25, 0.3) is 0 Å². The van der Waals surface area contributed by atoms with Gasteiger partial charge >= 0.3 is 0 Å². The summed E-state index contributed by atoms with van der Waals surface area (Å²) in [5.41, 5.74) is 0. The van der Waals surface area contributed by atoms with Gasteiger partial charge in [-0.25, -0.2) is 0 Å². The molecule has 30 heavy (non-hydrogen) atoms. The summed E-state index contributed by atoms with van der Waals surface area (Å²) in [5.74, 6) is 0. The van der Waals surface area contributed by atoms with Crippen LogP contribution in [-0.2, 0) is 0 Å². The van der Waals surface area contributed by atoms with E-state index in [2.05, 4.69) is 138 Å². The lowest BCUT2D eigenvalue weighted by Gasteiger charge is -1.48. The van der Waals surface area contributed by atoms with E-state index in [1.807, 2.05) is 0 Å². The fourth-order valence-corrected chi connectivity index (χ4v) is 0. The number of hydrogen-bond donors (Lipinski definition) is 0. The second kappa shape index (κ2) is 227. The molecule has 0 spiro atoms. The van der Waals surface area contributed by atoms with Gasteiger partial charge in [-0.05, 0) is 0 Å². The maximum atomic E-state index is 2.12. The first-order valence-electron chi connectivity index (χ1n) is 14.1. The Bertz CT molecular complexity index is 33.2. The van der Waals surface area contributed by atoms with Crippen molar-refractivity contribution in [2.75, 3.05) is 0 Å². The van der Waals surface area contributed by atoms with Crippen molar-refractivity contribution in [1.29, 1.82) is 0 Å². The van der Waals surface area contributed by atoms with Crippen molar-refractivity contribution >= 4 is 0 Å². The molecule has 0 nitrogen and oxygen atoms in total. The molecule has 0 radical (unpaired) electrons. The molecule has 0 aromatic heterocycles. The molecule has 0 aromatic rings. The molecule has 0 aromatic carbocycles. The summed E-state index contributed by atoms with van der Waals surface area (Å²) in [6.45, 7) is 42.5. The topological polar surface area (TPSA) is 0 Å². The molecular formula is C30H80. The molecule has 0 aliphatic rings. The Morgan fingerprint density at radius 2 is 0.133 bits per heavy atom. The molecule has 200 valence electrons. The van der Waals surface area contributed by atoms with Crippen molar-refractivity contribution in [3.63, 3.8) is 0 Å². The summed E-state index contributed by atoms with van der Waals surface area (Å²) in [7, 11) is 0. The molecule has 0 bridgehead atoms. The van der Waals surface area contributed by atoms with Crippen LogP contribution in [0.2, 0.25) is 0 Å². The highest BCUT2D eigenvalue weighted by Gasteiger charge is 1.38. The standard InChI is InChI=1S/10C3H8/c10*1-3-2/h10*3H2,1-2H3. The third-order valence-corrected chi connectivity index (χ3v) is 0. The average Bonchev–Trinajstić information content (AvgIpc) is 2.61. The van der Waals surface area contributed by atoms with Crippen molar-refractivity contribution in [1.82, 2.24) is 0 Å². The normalized spacial score (nSPS) is 6.00. The van der Waals surface area contributed by atoms with E-state index in [4.69, 9.17) is 0 Å². The molecule has 0 unspecified atom stereocenters. The van der Waals surface area contributed by atoms with Crippen LogP contribution < -0.4 is 0 Å². The van der Waals surface area contributed by atoms with Gasteiger partial charge in [-0.3, -0.25) is 0 Å². The molecule has 0 aliphatic carbocycles. The van der Waals surface area contributed by atoms with E-state index in [-0.39, 0.29) is 0 Å². The van der Waals surface area contributed by atoms with Gasteiger partial charge in [0, 0.05) is 0 Å². The highest BCUT2D eigenvalue weighted by molar-refractivity contribution is 3.94. The summed E-state index contributed by atoms with van der Waals surface area (Å²) in [6.07, 6.45) is 12.5. The lowest BCUT2D eigenvalue weighted by atomic mass is 10.6. The SMILES string of the molecule is CCC.CCC.CCC.CCC.CCC.CCC.CCC.CCC.CCC.CCC. The third kappa shape index (κ3) is 0. The quantitative estimate of drug-likeness (QED) is 0.351. The van der Waals surface area contributed by atoms with Crippen LogP contribution in [0, 0.1) is 0 Å². The van der Waals surface area contributed by atoms with Crippen LogP contribution in [0.25, 0.3) is 0 Å². The maximum Gasteiger partial charge on any atom is -0.0590 e. The highest BCUT2D eigenvalue weighted by Crippen LogP contribution is 1.59. The van der Waals surface area contributed by atoms with Crippen LogP contribution in [0.1, 0.15) is 203 Å². The average molecular weight is 441 g/mol. The van der Waals surface area contributed by atoms with Crippen molar-refractivity contribution in [3.05, 3.63) is 0 Å². The zero-order chi connectivity index (χ0) is 27.1. The molecule has 0 saturated heterocycles. The van der Waals surface area contributed by atoms with E-state index in [1.165, 1.54) is 64.2 Å². The lowest BCUT2D eigenvalue weighted by molar-refractivity contribution is 1.09. The number of hydrogen-bond acceptors (Lipinski definition) is 0. The van der Waals surface area contributed by atoms with Gasteiger partial charge in [-0.2, -0.15) is 0 Å². The Labute approximate surface area is 202 Å². The minimum Gasteiger partial charge on any atom is -0.0656 e. The van der Waals surface area contributed by atoms with Crippen molar-refractivity contribution in [2.24, 2.45) is 0 Å². The smallest absolute Gasteiger partial charge is 0.0590 e. The van der Waals surface area contributed by atoms with Crippen LogP contribution in [0.4, 0.5) is 0 Å². The lowest BCUT2D eigenvalue weighted by Crippen LogP contribution is -1.27. The van der Waals surface area contributed by atoms with Gasteiger partial charge in [0.1, 0.15) is 0 Å². The molecular weight excluding hydrogens is 360 g/mol.